The van der Waals surface area contributed by atoms with E-state index in [2.05, 4.69) is 20.5 Å². The summed E-state index contributed by atoms with van der Waals surface area (Å²) < 4.78 is 28.0. The highest BCUT2D eigenvalue weighted by molar-refractivity contribution is 7.99. The number of benzene rings is 2. The average Bonchev–Trinajstić information content (AvgIpc) is 3.67. The van der Waals surface area contributed by atoms with Gasteiger partial charge in [-0.1, -0.05) is 31.7 Å². The molecule has 2 aromatic carbocycles. The van der Waals surface area contributed by atoms with Crippen molar-refractivity contribution in [2.24, 2.45) is 0 Å². The molecule has 2 amide bonds. The number of H-pyrrole nitrogens is 1. The van der Waals surface area contributed by atoms with Crippen LogP contribution in [0.5, 0.6) is 0 Å². The molecule has 4 rings (SSSR count). The number of amides is 2. The van der Waals surface area contributed by atoms with Crippen LogP contribution in [0, 0.1) is 18.6 Å². The highest BCUT2D eigenvalue weighted by Crippen LogP contribution is 2.24. The van der Waals surface area contributed by atoms with Crippen molar-refractivity contribution in [3.8, 4) is 10.7 Å². The minimum Gasteiger partial charge on any atom is -0.390 e. The van der Waals surface area contributed by atoms with E-state index in [-0.39, 0.29) is 29.2 Å². The lowest BCUT2D eigenvalue weighted by molar-refractivity contribution is 0.0755. The van der Waals surface area contributed by atoms with Crippen molar-refractivity contribution in [2.75, 3.05) is 18.8 Å². The number of nitrogens with zero attached hydrogens (tertiary/aromatic N) is 3. The van der Waals surface area contributed by atoms with Gasteiger partial charge in [0.1, 0.15) is 11.6 Å². The Hall–Kier alpha value is -3.61. The van der Waals surface area contributed by atoms with E-state index in [1.165, 1.54) is 35.2 Å². The fourth-order valence-corrected chi connectivity index (χ4v) is 6.19. The number of aromatic amines is 1. The quantitative estimate of drug-likeness (QED) is 0.151. The second-order valence-corrected chi connectivity index (χ2v) is 12.2. The van der Waals surface area contributed by atoms with E-state index in [0.29, 0.717) is 29.6 Å². The Morgan fingerprint density at radius 2 is 1.77 bits per heavy atom. The van der Waals surface area contributed by atoms with Crippen molar-refractivity contribution in [1.29, 1.82) is 0 Å². The molecule has 228 valence electrons. The molecule has 4 aromatic rings. The number of thioether (sulfide) groups is 1. The largest absolute Gasteiger partial charge is 0.390 e. The van der Waals surface area contributed by atoms with Crippen LogP contribution < -0.4 is 5.32 Å². The van der Waals surface area contributed by atoms with Crippen LogP contribution >= 0.6 is 23.1 Å². The molecular formula is C31H35F2N5O3S2. The number of aryl methyl sites for hydroxylation is 1. The third-order valence-electron chi connectivity index (χ3n) is 6.62. The zero-order chi connectivity index (χ0) is 30.9. The zero-order valence-electron chi connectivity index (χ0n) is 24.3. The Kier molecular flexibility index (Phi) is 11.4. The van der Waals surface area contributed by atoms with E-state index >= 15 is 0 Å². The second kappa shape index (κ2) is 15.2. The number of nitrogens with one attached hydrogen (secondary N) is 2. The monoisotopic (exact) mass is 627 g/mol. The van der Waals surface area contributed by atoms with Gasteiger partial charge in [0.2, 0.25) is 5.16 Å². The number of carbonyl (C=O) groups is 2. The highest BCUT2D eigenvalue weighted by atomic mass is 32.2. The molecule has 8 nitrogen and oxygen atoms in total. The van der Waals surface area contributed by atoms with Crippen molar-refractivity contribution in [3.05, 3.63) is 87.8 Å². The topological polar surface area (TPSA) is 111 Å². The summed E-state index contributed by atoms with van der Waals surface area (Å²) in [4.78, 5) is 33.9. The van der Waals surface area contributed by atoms with Gasteiger partial charge in [-0.2, -0.15) is 0 Å². The van der Waals surface area contributed by atoms with E-state index in [4.69, 9.17) is 0 Å². The molecular weight excluding hydrogens is 593 g/mol. The number of halogens is 2. The van der Waals surface area contributed by atoms with Gasteiger partial charge in [-0.05, 0) is 79.1 Å². The number of carbonyl (C=O) groups excluding carboxylic acids is 2. The molecule has 0 aliphatic carbocycles. The fourth-order valence-electron chi connectivity index (χ4n) is 4.70. The predicted molar refractivity (Wildman–Crippen MR) is 165 cm³/mol. The van der Waals surface area contributed by atoms with Gasteiger partial charge in [-0.3, -0.25) is 14.7 Å². The number of thiophene rings is 1. The lowest BCUT2D eigenvalue weighted by atomic mass is 10.00. The molecule has 0 fully saturated rings. The molecule has 2 atom stereocenters. The molecule has 0 saturated heterocycles. The Balaban J connectivity index is 1.53. The summed E-state index contributed by atoms with van der Waals surface area (Å²) >= 11 is 2.70. The van der Waals surface area contributed by atoms with Crippen LogP contribution in [0.1, 0.15) is 58.5 Å². The van der Waals surface area contributed by atoms with E-state index < -0.39 is 29.7 Å². The first-order valence-electron chi connectivity index (χ1n) is 14.1. The molecule has 2 heterocycles. The van der Waals surface area contributed by atoms with Crippen LogP contribution in [0.4, 0.5) is 8.78 Å². The third-order valence-corrected chi connectivity index (χ3v) is 8.45. The third kappa shape index (κ3) is 8.94. The van der Waals surface area contributed by atoms with Crippen LogP contribution in [0.3, 0.4) is 0 Å². The first-order chi connectivity index (χ1) is 20.7. The van der Waals surface area contributed by atoms with Crippen LogP contribution in [0.2, 0.25) is 0 Å². The van der Waals surface area contributed by atoms with Crippen LogP contribution in [0.15, 0.2) is 59.1 Å². The molecule has 0 aliphatic rings. The minimum absolute atomic E-state index is 0.0328. The van der Waals surface area contributed by atoms with Gasteiger partial charge in [0.05, 0.1) is 17.0 Å². The second-order valence-electron chi connectivity index (χ2n) is 10.3. The highest BCUT2D eigenvalue weighted by Gasteiger charge is 2.25. The van der Waals surface area contributed by atoms with Gasteiger partial charge in [0.25, 0.3) is 11.8 Å². The van der Waals surface area contributed by atoms with Gasteiger partial charge >= 0.3 is 0 Å². The maximum absolute atomic E-state index is 14.0. The summed E-state index contributed by atoms with van der Waals surface area (Å²) in [6.45, 7) is 7.03. The maximum Gasteiger partial charge on any atom is 0.253 e. The molecule has 43 heavy (non-hydrogen) atoms. The van der Waals surface area contributed by atoms with E-state index in [0.717, 1.165) is 29.3 Å². The number of hydrogen-bond donors (Lipinski definition) is 3. The van der Waals surface area contributed by atoms with Crippen LogP contribution in [0.25, 0.3) is 10.7 Å². The van der Waals surface area contributed by atoms with Gasteiger partial charge in [-0.25, -0.2) is 13.8 Å². The standard InChI is InChI=1S/C31H35F2N5O3S2/c1-4-8-38(9-5-2)30(41)22-12-19(3)11-21(16-22)29(40)34-25(15-20-13-23(32)17-24(33)14-20)26(39)18-43-31-35-28(36-37-31)27-7-6-10-42-27/h6-7,10-14,16-17,25-26,39H,4-5,8-9,15,18H2,1-3H3,(H,34,40)(H,35,36,37)/t25-,26-/m0/s1. The van der Waals surface area contributed by atoms with Crippen LogP contribution in [-0.4, -0.2) is 68.0 Å². The normalized spacial score (nSPS) is 12.6. The van der Waals surface area contributed by atoms with Crippen LogP contribution in [-0.2, 0) is 6.42 Å². The van der Waals surface area contributed by atoms with Gasteiger partial charge in [0.15, 0.2) is 5.82 Å². The Bertz CT molecular complexity index is 1500. The SMILES string of the molecule is CCCN(CCC)C(=O)c1cc(C)cc(C(=O)N[C@@H](Cc2cc(F)cc(F)c2)[C@@H](O)CSc2n[nH]c(-c3cccs3)n2)c1. The molecule has 0 saturated carbocycles. The number of hydrogen-bond acceptors (Lipinski definition) is 7. The molecule has 0 unspecified atom stereocenters. The van der Waals surface area contributed by atoms with E-state index in [1.807, 2.05) is 31.4 Å². The smallest absolute Gasteiger partial charge is 0.253 e. The molecule has 2 aromatic heterocycles. The summed E-state index contributed by atoms with van der Waals surface area (Å²) in [6.07, 6.45) is 0.465. The Morgan fingerprint density at radius 3 is 2.42 bits per heavy atom. The maximum atomic E-state index is 14.0. The summed E-state index contributed by atoms with van der Waals surface area (Å²) in [5.74, 6) is -1.47. The summed E-state index contributed by atoms with van der Waals surface area (Å²) in [7, 11) is 0. The first kappa shape index (κ1) is 32.3. The number of aliphatic hydroxyl groups is 1. The van der Waals surface area contributed by atoms with Crippen molar-refractivity contribution >= 4 is 34.9 Å². The minimum atomic E-state index is -1.13. The number of aromatic nitrogens is 3. The molecule has 0 aliphatic heterocycles. The average molecular weight is 628 g/mol. The fraction of sp³-hybridized carbons (Fsp3) is 0.355. The van der Waals surface area contributed by atoms with Crippen molar-refractivity contribution in [3.63, 3.8) is 0 Å². The zero-order valence-corrected chi connectivity index (χ0v) is 25.9. The first-order valence-corrected chi connectivity index (χ1v) is 16.0. The number of rotatable bonds is 14. The predicted octanol–water partition coefficient (Wildman–Crippen LogP) is 5.88. The molecule has 0 radical (unpaired) electrons. The van der Waals surface area contributed by atoms with Crippen molar-refractivity contribution < 1.29 is 23.5 Å². The van der Waals surface area contributed by atoms with Gasteiger partial charge < -0.3 is 15.3 Å². The van der Waals surface area contributed by atoms with Crippen molar-refractivity contribution in [1.82, 2.24) is 25.4 Å². The summed E-state index contributed by atoms with van der Waals surface area (Å²) in [5.41, 5.74) is 1.66. The van der Waals surface area contributed by atoms with Crippen molar-refractivity contribution in [2.45, 2.75) is 57.3 Å². The molecule has 0 spiro atoms. The summed E-state index contributed by atoms with van der Waals surface area (Å²) in [6, 6.07) is 11.0. The van der Waals surface area contributed by atoms with E-state index in [9.17, 15) is 23.5 Å². The Labute approximate surface area is 257 Å². The molecule has 3 N–H and O–H groups in total. The molecule has 0 bridgehead atoms. The van der Waals surface area contributed by atoms with Gasteiger partial charge in [-0.15, -0.1) is 16.4 Å². The Morgan fingerprint density at radius 1 is 1.07 bits per heavy atom. The lowest BCUT2D eigenvalue weighted by Gasteiger charge is -2.25. The number of aliphatic hydroxyl groups excluding tert-OH is 1. The van der Waals surface area contributed by atoms with Gasteiger partial charge in [0, 0.05) is 36.0 Å². The lowest BCUT2D eigenvalue weighted by Crippen LogP contribution is -2.46. The molecule has 12 heteroatoms. The van der Waals surface area contributed by atoms with E-state index in [1.54, 1.807) is 30.0 Å². The summed E-state index contributed by atoms with van der Waals surface area (Å²) in [5, 5.41) is 23.4.